The first-order valence-corrected chi connectivity index (χ1v) is 5.57. The van der Waals surface area contributed by atoms with Crippen molar-refractivity contribution in [2.45, 2.75) is 39.2 Å². The van der Waals surface area contributed by atoms with Crippen LogP contribution in [0.25, 0.3) is 0 Å². The quantitative estimate of drug-likeness (QED) is 0.674. The number of hydrogen-bond acceptors (Lipinski definition) is 1. The zero-order chi connectivity index (χ0) is 8.34. The first-order chi connectivity index (χ1) is 5.83. The summed E-state index contributed by atoms with van der Waals surface area (Å²) in [5.74, 6) is 3.28. The van der Waals surface area contributed by atoms with Gasteiger partial charge in [0.25, 0.3) is 0 Å². The summed E-state index contributed by atoms with van der Waals surface area (Å²) in [5.41, 5.74) is 0.845. The van der Waals surface area contributed by atoms with Crippen LogP contribution in [0.3, 0.4) is 0 Å². The first kappa shape index (κ1) is 7.37. The fraction of sp³-hybridized carbons (Fsp3) is 1.00. The third-order valence-electron chi connectivity index (χ3n) is 4.92. The monoisotopic (exact) mass is 165 g/mol. The minimum Gasteiger partial charge on any atom is -0.314 e. The van der Waals surface area contributed by atoms with Crippen LogP contribution in [0.1, 0.15) is 33.1 Å². The van der Waals surface area contributed by atoms with Crippen molar-refractivity contribution in [3.05, 3.63) is 0 Å². The Labute approximate surface area is 74.9 Å². The number of hydrogen-bond donors (Lipinski definition) is 1. The maximum atomic E-state index is 3.69. The van der Waals surface area contributed by atoms with Crippen LogP contribution >= 0.6 is 0 Å². The highest BCUT2D eigenvalue weighted by atomic mass is 15.0. The van der Waals surface area contributed by atoms with Crippen LogP contribution < -0.4 is 5.32 Å². The zero-order valence-electron chi connectivity index (χ0n) is 8.14. The molecule has 5 atom stereocenters. The molecule has 0 aliphatic heterocycles. The Morgan fingerprint density at radius 1 is 1.42 bits per heavy atom. The van der Waals surface area contributed by atoms with E-state index in [0.29, 0.717) is 0 Å². The molecular formula is C11H19N. The number of rotatable bonds is 3. The predicted octanol–water partition coefficient (Wildman–Crippen LogP) is 2.03. The standard InChI is InChI=1S/C11H19N/c1-3-11-6-7-5-8(11)9(11)10(7)12-4-2/h7-10,12H,3-6H2,1-2H3/t7-,8+,9-,10-,11+/m0/s1. The summed E-state index contributed by atoms with van der Waals surface area (Å²) in [6, 6.07) is 0.917. The van der Waals surface area contributed by atoms with Crippen LogP contribution in [0.5, 0.6) is 0 Å². The molecule has 0 spiro atoms. The topological polar surface area (TPSA) is 12.0 Å². The van der Waals surface area contributed by atoms with Crippen molar-refractivity contribution in [1.29, 1.82) is 0 Å². The highest BCUT2D eigenvalue weighted by molar-refractivity contribution is 5.27. The van der Waals surface area contributed by atoms with Crippen LogP contribution in [0.4, 0.5) is 0 Å². The minimum atomic E-state index is 0.845. The summed E-state index contributed by atoms with van der Waals surface area (Å²) in [6.07, 6.45) is 4.55. The van der Waals surface area contributed by atoms with E-state index in [1.54, 1.807) is 12.8 Å². The fourth-order valence-corrected chi connectivity index (χ4v) is 4.52. The van der Waals surface area contributed by atoms with Gasteiger partial charge >= 0.3 is 0 Å². The molecule has 1 N–H and O–H groups in total. The van der Waals surface area contributed by atoms with Crippen molar-refractivity contribution >= 4 is 0 Å². The summed E-state index contributed by atoms with van der Waals surface area (Å²) in [7, 11) is 0. The summed E-state index contributed by atoms with van der Waals surface area (Å²) in [6.45, 7) is 5.81. The molecule has 0 saturated heterocycles. The van der Waals surface area contributed by atoms with Crippen molar-refractivity contribution in [3.63, 3.8) is 0 Å². The Kier molecular flexibility index (Phi) is 1.27. The summed E-state index contributed by atoms with van der Waals surface area (Å²) < 4.78 is 0. The normalized spacial score (nSPS) is 59.5. The van der Waals surface area contributed by atoms with Gasteiger partial charge in [0, 0.05) is 6.04 Å². The molecule has 4 saturated carbocycles. The molecule has 1 heteroatoms. The van der Waals surface area contributed by atoms with Crippen molar-refractivity contribution in [1.82, 2.24) is 5.32 Å². The van der Waals surface area contributed by atoms with E-state index in [9.17, 15) is 0 Å². The molecule has 0 aromatic heterocycles. The maximum Gasteiger partial charge on any atom is 0.0132 e. The van der Waals surface area contributed by atoms with Gasteiger partial charge in [-0.15, -0.1) is 0 Å². The average Bonchev–Trinajstić information content (AvgIpc) is 2.49. The molecule has 0 unspecified atom stereocenters. The van der Waals surface area contributed by atoms with Crippen molar-refractivity contribution in [2.24, 2.45) is 23.2 Å². The van der Waals surface area contributed by atoms with E-state index in [1.165, 1.54) is 13.0 Å². The van der Waals surface area contributed by atoms with Gasteiger partial charge in [-0.05, 0) is 49.0 Å². The second-order valence-corrected chi connectivity index (χ2v) is 5.00. The highest BCUT2D eigenvalue weighted by Crippen LogP contribution is 2.80. The molecule has 0 radical (unpaired) electrons. The van der Waals surface area contributed by atoms with E-state index in [0.717, 1.165) is 29.2 Å². The molecule has 4 aliphatic carbocycles. The van der Waals surface area contributed by atoms with E-state index < -0.39 is 0 Å². The molecule has 68 valence electrons. The molecule has 0 amide bonds. The largest absolute Gasteiger partial charge is 0.314 e. The lowest BCUT2D eigenvalue weighted by atomic mass is 10.0. The van der Waals surface area contributed by atoms with Gasteiger partial charge in [0.15, 0.2) is 0 Å². The smallest absolute Gasteiger partial charge is 0.0132 e. The third-order valence-corrected chi connectivity index (χ3v) is 4.92. The Hall–Kier alpha value is -0.0400. The molecule has 4 fully saturated rings. The van der Waals surface area contributed by atoms with Gasteiger partial charge in [-0.3, -0.25) is 0 Å². The molecule has 1 nitrogen and oxygen atoms in total. The Balaban J connectivity index is 1.81. The summed E-state index contributed by atoms with van der Waals surface area (Å²) in [4.78, 5) is 0. The van der Waals surface area contributed by atoms with E-state index in [-0.39, 0.29) is 0 Å². The van der Waals surface area contributed by atoms with Gasteiger partial charge in [-0.2, -0.15) is 0 Å². The molecular weight excluding hydrogens is 146 g/mol. The third kappa shape index (κ3) is 0.585. The molecule has 0 heterocycles. The maximum absolute atomic E-state index is 3.69. The summed E-state index contributed by atoms with van der Waals surface area (Å²) in [5, 5.41) is 3.69. The van der Waals surface area contributed by atoms with E-state index in [2.05, 4.69) is 19.2 Å². The Morgan fingerprint density at radius 2 is 2.25 bits per heavy atom. The van der Waals surface area contributed by atoms with Crippen LogP contribution in [-0.4, -0.2) is 12.6 Å². The minimum absolute atomic E-state index is 0.845. The molecule has 0 aromatic carbocycles. The first-order valence-electron chi connectivity index (χ1n) is 5.57. The van der Waals surface area contributed by atoms with Gasteiger partial charge in [0.1, 0.15) is 0 Å². The van der Waals surface area contributed by atoms with Crippen molar-refractivity contribution in [3.8, 4) is 0 Å². The lowest BCUT2D eigenvalue weighted by Gasteiger charge is -2.14. The van der Waals surface area contributed by atoms with Crippen LogP contribution in [0.2, 0.25) is 0 Å². The average molecular weight is 165 g/mol. The SMILES string of the molecule is CCN[C@H]1[C@H]2C[C@@H]3[C@@H]1[C@]3(CC)C2. The lowest BCUT2D eigenvalue weighted by molar-refractivity contribution is 0.430. The van der Waals surface area contributed by atoms with Gasteiger partial charge < -0.3 is 5.32 Å². The van der Waals surface area contributed by atoms with Crippen LogP contribution in [0.15, 0.2) is 0 Å². The molecule has 0 aromatic rings. The molecule has 4 aliphatic rings. The molecule has 4 rings (SSSR count). The van der Waals surface area contributed by atoms with Crippen LogP contribution in [-0.2, 0) is 0 Å². The van der Waals surface area contributed by atoms with E-state index in [4.69, 9.17) is 0 Å². The lowest BCUT2D eigenvalue weighted by Crippen LogP contribution is -2.32. The van der Waals surface area contributed by atoms with Gasteiger partial charge in [-0.25, -0.2) is 0 Å². The predicted molar refractivity (Wildman–Crippen MR) is 49.9 cm³/mol. The van der Waals surface area contributed by atoms with Crippen molar-refractivity contribution < 1.29 is 0 Å². The fourth-order valence-electron chi connectivity index (χ4n) is 4.52. The van der Waals surface area contributed by atoms with E-state index >= 15 is 0 Å². The highest BCUT2D eigenvalue weighted by Gasteiger charge is 2.77. The van der Waals surface area contributed by atoms with Crippen LogP contribution in [0, 0.1) is 23.2 Å². The Morgan fingerprint density at radius 3 is 2.75 bits per heavy atom. The summed E-state index contributed by atoms with van der Waals surface area (Å²) >= 11 is 0. The van der Waals surface area contributed by atoms with Crippen molar-refractivity contribution in [2.75, 3.05) is 6.54 Å². The van der Waals surface area contributed by atoms with E-state index in [1.807, 2.05) is 0 Å². The molecule has 4 bridgehead atoms. The zero-order valence-corrected chi connectivity index (χ0v) is 8.14. The van der Waals surface area contributed by atoms with Gasteiger partial charge in [0.2, 0.25) is 0 Å². The Bertz CT molecular complexity index is 213. The van der Waals surface area contributed by atoms with Gasteiger partial charge in [-0.1, -0.05) is 13.8 Å². The second kappa shape index (κ2) is 2.06. The second-order valence-electron chi connectivity index (χ2n) is 5.00. The molecule has 12 heavy (non-hydrogen) atoms. The van der Waals surface area contributed by atoms with Gasteiger partial charge in [0.05, 0.1) is 0 Å². The number of nitrogens with one attached hydrogen (secondary N) is 1.